The van der Waals surface area contributed by atoms with Gasteiger partial charge in [-0.2, -0.15) is 0 Å². The van der Waals surface area contributed by atoms with E-state index in [0.717, 1.165) is 30.4 Å². The van der Waals surface area contributed by atoms with Gasteiger partial charge in [-0.1, -0.05) is 37.2 Å². The smallest absolute Gasteiger partial charge is 0.261 e. The Hall–Kier alpha value is -1.05. The number of nitrogens with one attached hydrogen (secondary N) is 1. The highest BCUT2D eigenvalue weighted by Gasteiger charge is 2.13. The van der Waals surface area contributed by atoms with Crippen molar-refractivity contribution in [2.45, 2.75) is 38.4 Å². The van der Waals surface area contributed by atoms with E-state index in [2.05, 4.69) is 33.9 Å². The lowest BCUT2D eigenvalue weighted by Crippen LogP contribution is -2.24. The number of hydrogen-bond acceptors (Lipinski definition) is 5. The van der Waals surface area contributed by atoms with Crippen LogP contribution in [0, 0.1) is 5.92 Å². The predicted molar refractivity (Wildman–Crippen MR) is 96.6 cm³/mol. The number of thioether (sulfide) groups is 1. The largest absolute Gasteiger partial charge is 0.351 e. The summed E-state index contributed by atoms with van der Waals surface area (Å²) in [4.78, 5) is 12.6. The molecule has 0 unspecified atom stereocenters. The summed E-state index contributed by atoms with van der Waals surface area (Å²) in [6, 6.07) is 3.48. The van der Waals surface area contributed by atoms with Gasteiger partial charge < -0.3 is 9.88 Å². The molecule has 2 aromatic heterocycles. The van der Waals surface area contributed by atoms with Crippen molar-refractivity contribution in [3.05, 3.63) is 27.2 Å². The molecule has 0 aliphatic rings. The Morgan fingerprint density at radius 3 is 2.83 bits per heavy atom. The van der Waals surface area contributed by atoms with Gasteiger partial charge in [-0.15, -0.1) is 21.5 Å². The average Bonchev–Trinajstić information content (AvgIpc) is 3.09. The summed E-state index contributed by atoms with van der Waals surface area (Å²) in [7, 11) is 0. The SMILES string of the molecule is CSc1nnc(CCCNC(=O)c2ccc(Cl)s2)n1CC(C)C. The Kier molecular flexibility index (Phi) is 6.92. The van der Waals surface area contributed by atoms with Crippen molar-refractivity contribution in [3.63, 3.8) is 0 Å². The van der Waals surface area contributed by atoms with Crippen LogP contribution in [0.1, 0.15) is 35.8 Å². The second-order valence-electron chi connectivity index (χ2n) is 5.57. The van der Waals surface area contributed by atoms with Crippen LogP contribution in [0.4, 0.5) is 0 Å². The van der Waals surface area contributed by atoms with Crippen molar-refractivity contribution in [1.82, 2.24) is 20.1 Å². The van der Waals surface area contributed by atoms with Gasteiger partial charge in [-0.05, 0) is 30.7 Å². The molecule has 0 saturated heterocycles. The Morgan fingerprint density at radius 2 is 2.22 bits per heavy atom. The van der Waals surface area contributed by atoms with E-state index in [1.165, 1.54) is 11.3 Å². The minimum absolute atomic E-state index is 0.0737. The fraction of sp³-hybridized carbons (Fsp3) is 0.533. The predicted octanol–water partition coefficient (Wildman–Crippen LogP) is 3.73. The van der Waals surface area contributed by atoms with Gasteiger partial charge in [0.05, 0.1) is 9.21 Å². The van der Waals surface area contributed by atoms with E-state index in [-0.39, 0.29) is 5.91 Å². The van der Waals surface area contributed by atoms with Crippen LogP contribution in [0.25, 0.3) is 0 Å². The number of rotatable bonds is 8. The van der Waals surface area contributed by atoms with Crippen LogP contribution in [0.2, 0.25) is 4.34 Å². The van der Waals surface area contributed by atoms with Crippen molar-refractivity contribution in [1.29, 1.82) is 0 Å². The maximum absolute atomic E-state index is 11.9. The highest BCUT2D eigenvalue weighted by atomic mass is 35.5. The normalized spacial score (nSPS) is 11.2. The quantitative estimate of drug-likeness (QED) is 0.566. The molecule has 2 rings (SSSR count). The maximum Gasteiger partial charge on any atom is 0.261 e. The molecule has 8 heteroatoms. The number of hydrogen-bond donors (Lipinski definition) is 1. The lowest BCUT2D eigenvalue weighted by Gasteiger charge is -2.11. The summed E-state index contributed by atoms with van der Waals surface area (Å²) >= 11 is 8.74. The van der Waals surface area contributed by atoms with E-state index in [9.17, 15) is 4.79 Å². The highest BCUT2D eigenvalue weighted by molar-refractivity contribution is 7.98. The van der Waals surface area contributed by atoms with Gasteiger partial charge in [0, 0.05) is 19.5 Å². The van der Waals surface area contributed by atoms with Gasteiger partial charge in [0.25, 0.3) is 5.91 Å². The summed E-state index contributed by atoms with van der Waals surface area (Å²) < 4.78 is 2.80. The molecule has 1 N–H and O–H groups in total. The van der Waals surface area contributed by atoms with E-state index in [1.54, 1.807) is 23.9 Å². The third-order valence-electron chi connectivity index (χ3n) is 3.18. The van der Waals surface area contributed by atoms with Crippen LogP contribution in [0.5, 0.6) is 0 Å². The first-order valence-corrected chi connectivity index (χ1v) is 9.92. The van der Waals surface area contributed by atoms with E-state index in [1.807, 2.05) is 6.26 Å². The van der Waals surface area contributed by atoms with E-state index >= 15 is 0 Å². The molecule has 0 saturated carbocycles. The van der Waals surface area contributed by atoms with Crippen LogP contribution < -0.4 is 5.32 Å². The molecule has 0 bridgehead atoms. The highest BCUT2D eigenvalue weighted by Crippen LogP contribution is 2.21. The molecule has 126 valence electrons. The molecule has 0 fully saturated rings. The zero-order valence-corrected chi connectivity index (χ0v) is 15.9. The van der Waals surface area contributed by atoms with Crippen molar-refractivity contribution >= 4 is 40.6 Å². The van der Waals surface area contributed by atoms with Crippen LogP contribution in [-0.4, -0.2) is 33.5 Å². The molecular weight excluding hydrogens is 352 g/mol. The molecule has 0 spiro atoms. The molecule has 23 heavy (non-hydrogen) atoms. The van der Waals surface area contributed by atoms with Gasteiger partial charge in [0.15, 0.2) is 5.16 Å². The molecule has 2 aromatic rings. The molecule has 1 amide bonds. The summed E-state index contributed by atoms with van der Waals surface area (Å²) in [6.07, 6.45) is 3.64. The molecule has 0 radical (unpaired) electrons. The minimum atomic E-state index is -0.0737. The lowest BCUT2D eigenvalue weighted by molar-refractivity contribution is 0.0957. The summed E-state index contributed by atoms with van der Waals surface area (Å²) in [6.45, 7) is 5.89. The second kappa shape index (κ2) is 8.70. The Labute approximate surface area is 149 Å². The van der Waals surface area contributed by atoms with Crippen molar-refractivity contribution in [3.8, 4) is 0 Å². The summed E-state index contributed by atoms with van der Waals surface area (Å²) in [5.41, 5.74) is 0. The summed E-state index contributed by atoms with van der Waals surface area (Å²) in [5, 5.41) is 12.4. The molecular formula is C15H21ClN4OS2. The van der Waals surface area contributed by atoms with Gasteiger partial charge in [0.2, 0.25) is 0 Å². The van der Waals surface area contributed by atoms with E-state index < -0.39 is 0 Å². The zero-order chi connectivity index (χ0) is 16.8. The fourth-order valence-electron chi connectivity index (χ4n) is 2.18. The Bertz CT molecular complexity index is 654. The zero-order valence-electron chi connectivity index (χ0n) is 13.5. The topological polar surface area (TPSA) is 59.8 Å². The number of aryl methyl sites for hydroxylation is 1. The molecule has 0 aliphatic carbocycles. The molecule has 2 heterocycles. The van der Waals surface area contributed by atoms with Crippen LogP contribution in [-0.2, 0) is 13.0 Å². The summed E-state index contributed by atoms with van der Waals surface area (Å²) in [5.74, 6) is 1.45. The maximum atomic E-state index is 11.9. The van der Waals surface area contributed by atoms with Gasteiger partial charge in [-0.25, -0.2) is 0 Å². The van der Waals surface area contributed by atoms with Crippen molar-refractivity contribution in [2.75, 3.05) is 12.8 Å². The first-order chi connectivity index (χ1) is 11.0. The second-order valence-corrected chi connectivity index (χ2v) is 8.06. The monoisotopic (exact) mass is 372 g/mol. The average molecular weight is 373 g/mol. The minimum Gasteiger partial charge on any atom is -0.351 e. The molecule has 5 nitrogen and oxygen atoms in total. The number of aromatic nitrogens is 3. The van der Waals surface area contributed by atoms with Crippen molar-refractivity contribution in [2.24, 2.45) is 5.92 Å². The number of amides is 1. The first kappa shape index (κ1) is 18.3. The third kappa shape index (κ3) is 5.22. The Morgan fingerprint density at radius 1 is 1.43 bits per heavy atom. The fourth-order valence-corrected chi connectivity index (χ4v) is 3.66. The number of carbonyl (C=O) groups excluding carboxylic acids is 1. The number of carbonyl (C=O) groups is 1. The standard InChI is InChI=1S/C15H21ClN4OS2/c1-10(2)9-20-13(18-19-15(20)22-3)5-4-8-17-14(21)11-6-7-12(16)23-11/h6-7,10H,4-5,8-9H2,1-3H3,(H,17,21). The Balaban J connectivity index is 1.84. The molecule has 0 atom stereocenters. The van der Waals surface area contributed by atoms with E-state index in [0.29, 0.717) is 21.7 Å². The molecule has 0 aromatic carbocycles. The number of thiophene rings is 1. The molecule has 0 aliphatic heterocycles. The van der Waals surface area contributed by atoms with Crippen molar-refractivity contribution < 1.29 is 4.79 Å². The van der Waals surface area contributed by atoms with Gasteiger partial charge in [0.1, 0.15) is 5.82 Å². The van der Waals surface area contributed by atoms with Gasteiger partial charge in [-0.3, -0.25) is 4.79 Å². The van der Waals surface area contributed by atoms with E-state index in [4.69, 9.17) is 11.6 Å². The van der Waals surface area contributed by atoms with Gasteiger partial charge >= 0.3 is 0 Å². The third-order valence-corrected chi connectivity index (χ3v) is 5.08. The van der Waals surface area contributed by atoms with Crippen LogP contribution in [0.3, 0.4) is 0 Å². The van der Waals surface area contributed by atoms with Crippen LogP contribution >= 0.6 is 34.7 Å². The first-order valence-electron chi connectivity index (χ1n) is 7.51. The number of halogens is 1. The number of nitrogens with zero attached hydrogens (tertiary/aromatic N) is 3. The van der Waals surface area contributed by atoms with Crippen LogP contribution in [0.15, 0.2) is 17.3 Å². The lowest BCUT2D eigenvalue weighted by atomic mass is 10.2.